The number of carbonyl (C=O) groups is 3. The summed E-state index contributed by atoms with van der Waals surface area (Å²) in [5.74, 6) is -2.15. The number of amides is 4. The van der Waals surface area contributed by atoms with Gasteiger partial charge in [-0.25, -0.2) is 9.69 Å². The van der Waals surface area contributed by atoms with Gasteiger partial charge in [0, 0.05) is 11.6 Å². The minimum atomic E-state index is -4.53. The van der Waals surface area contributed by atoms with Gasteiger partial charge < -0.3 is 4.52 Å². The first-order chi connectivity index (χ1) is 14.3. The first-order valence-electron chi connectivity index (χ1n) is 9.45. The summed E-state index contributed by atoms with van der Waals surface area (Å²) in [6, 6.07) is 3.33. The first-order valence-corrected chi connectivity index (χ1v) is 9.45. The van der Waals surface area contributed by atoms with Gasteiger partial charge in [-0.1, -0.05) is 36.6 Å². The molecular weight excluding hydrogens is 405 g/mol. The van der Waals surface area contributed by atoms with E-state index in [0.717, 1.165) is 41.2 Å². The van der Waals surface area contributed by atoms with Crippen LogP contribution in [0.15, 0.2) is 28.8 Å². The molecule has 11 heteroatoms. The maximum absolute atomic E-state index is 12.9. The fraction of sp³-hybridized carbons (Fsp3) is 0.421. The predicted octanol–water partition coefficient (Wildman–Crippen LogP) is 3.38. The van der Waals surface area contributed by atoms with Gasteiger partial charge in [0.15, 0.2) is 0 Å². The largest absolute Gasteiger partial charge is 0.416 e. The highest BCUT2D eigenvalue weighted by atomic mass is 19.4. The minimum absolute atomic E-state index is 0.0683. The lowest BCUT2D eigenvalue weighted by Crippen LogP contribution is -2.42. The number of carbonyl (C=O) groups excluding carboxylic acids is 3. The SMILES string of the molecule is O=C1C(=O)N(C2CCCCC2)C(=O)N1Cc1nc(-c2cccc(C(F)(F)F)c2)no1. The quantitative estimate of drug-likeness (QED) is 0.554. The molecule has 2 heterocycles. The summed E-state index contributed by atoms with van der Waals surface area (Å²) in [5, 5.41) is 3.63. The molecule has 1 aliphatic carbocycles. The van der Waals surface area contributed by atoms with Crippen molar-refractivity contribution in [2.24, 2.45) is 0 Å². The smallest absolute Gasteiger partial charge is 0.337 e. The second-order valence-corrected chi connectivity index (χ2v) is 7.23. The number of urea groups is 1. The Labute approximate surface area is 168 Å². The summed E-state index contributed by atoms with van der Waals surface area (Å²) in [6.07, 6.45) is -0.456. The Kier molecular flexibility index (Phi) is 5.04. The van der Waals surface area contributed by atoms with Crippen LogP contribution in [0.1, 0.15) is 43.6 Å². The lowest BCUT2D eigenvalue weighted by atomic mass is 9.94. The summed E-state index contributed by atoms with van der Waals surface area (Å²) in [6.45, 7) is -0.432. The summed E-state index contributed by atoms with van der Waals surface area (Å²) in [5.41, 5.74) is -0.802. The van der Waals surface area contributed by atoms with Gasteiger partial charge in [0.25, 0.3) is 0 Å². The van der Waals surface area contributed by atoms with E-state index in [-0.39, 0.29) is 23.3 Å². The Morgan fingerprint density at radius 2 is 1.80 bits per heavy atom. The van der Waals surface area contributed by atoms with Crippen molar-refractivity contribution in [2.45, 2.75) is 50.9 Å². The molecule has 1 aromatic heterocycles. The molecule has 8 nitrogen and oxygen atoms in total. The molecule has 0 N–H and O–H groups in total. The number of nitrogens with zero attached hydrogens (tertiary/aromatic N) is 4. The van der Waals surface area contributed by atoms with E-state index < -0.39 is 36.1 Å². The molecule has 1 aliphatic heterocycles. The normalized spacial score (nSPS) is 18.6. The molecule has 4 amide bonds. The fourth-order valence-corrected chi connectivity index (χ4v) is 3.73. The van der Waals surface area contributed by atoms with Crippen LogP contribution in [0.3, 0.4) is 0 Å². The molecule has 2 fully saturated rings. The molecule has 0 unspecified atom stereocenters. The Hall–Kier alpha value is -3.24. The van der Waals surface area contributed by atoms with Crippen LogP contribution in [0.25, 0.3) is 11.4 Å². The zero-order valence-corrected chi connectivity index (χ0v) is 15.7. The molecular formula is C19H17F3N4O4. The van der Waals surface area contributed by atoms with Crippen LogP contribution in [-0.4, -0.2) is 43.8 Å². The summed E-state index contributed by atoms with van der Waals surface area (Å²) >= 11 is 0. The average Bonchev–Trinajstić information content (AvgIpc) is 3.27. The third kappa shape index (κ3) is 3.66. The predicted molar refractivity (Wildman–Crippen MR) is 94.4 cm³/mol. The van der Waals surface area contributed by atoms with Gasteiger partial charge >= 0.3 is 24.0 Å². The molecule has 2 aliphatic rings. The number of rotatable bonds is 4. The molecule has 0 bridgehead atoms. The zero-order valence-electron chi connectivity index (χ0n) is 15.7. The van der Waals surface area contributed by atoms with Crippen LogP contribution >= 0.6 is 0 Å². The fourth-order valence-electron chi connectivity index (χ4n) is 3.73. The van der Waals surface area contributed by atoms with Gasteiger partial charge in [0.05, 0.1) is 5.56 Å². The molecule has 4 rings (SSSR count). The first kappa shape index (κ1) is 20.0. The molecule has 1 saturated carbocycles. The molecule has 0 radical (unpaired) electrons. The Bertz CT molecular complexity index is 998. The van der Waals surface area contributed by atoms with E-state index in [4.69, 9.17) is 4.52 Å². The van der Waals surface area contributed by atoms with E-state index in [1.54, 1.807) is 0 Å². The molecule has 1 aromatic carbocycles. The van der Waals surface area contributed by atoms with E-state index in [2.05, 4.69) is 10.1 Å². The number of hydrogen-bond donors (Lipinski definition) is 0. The Balaban J connectivity index is 1.52. The standard InChI is InChI=1S/C19H17F3N4O4/c20-19(21,22)12-6-4-5-11(9-12)15-23-14(30-24-15)10-25-16(27)17(28)26(18(25)29)13-7-2-1-3-8-13/h4-6,9,13H,1-3,7-8,10H2. The lowest BCUT2D eigenvalue weighted by molar-refractivity contribution is -0.144. The topological polar surface area (TPSA) is 96.6 Å². The zero-order chi connectivity index (χ0) is 21.5. The molecule has 2 aromatic rings. The number of hydrogen-bond acceptors (Lipinski definition) is 6. The van der Waals surface area contributed by atoms with Crippen molar-refractivity contribution >= 4 is 17.8 Å². The second kappa shape index (κ2) is 7.54. The Morgan fingerprint density at radius 3 is 2.50 bits per heavy atom. The van der Waals surface area contributed by atoms with Gasteiger partial charge in [0.2, 0.25) is 11.7 Å². The van der Waals surface area contributed by atoms with E-state index in [1.807, 2.05) is 0 Å². The van der Waals surface area contributed by atoms with Crippen molar-refractivity contribution in [2.75, 3.05) is 0 Å². The maximum Gasteiger partial charge on any atom is 0.416 e. The van der Waals surface area contributed by atoms with E-state index in [1.165, 1.54) is 12.1 Å². The summed E-state index contributed by atoms with van der Waals surface area (Å²) < 4.78 is 43.7. The molecule has 0 spiro atoms. The van der Waals surface area contributed by atoms with Crippen molar-refractivity contribution in [3.8, 4) is 11.4 Å². The highest BCUT2D eigenvalue weighted by Gasteiger charge is 2.48. The van der Waals surface area contributed by atoms with Crippen LogP contribution in [-0.2, 0) is 22.3 Å². The van der Waals surface area contributed by atoms with Crippen molar-refractivity contribution < 1.29 is 32.1 Å². The highest BCUT2D eigenvalue weighted by Crippen LogP contribution is 2.32. The van der Waals surface area contributed by atoms with Crippen molar-refractivity contribution in [1.82, 2.24) is 19.9 Å². The number of halogens is 3. The third-order valence-corrected chi connectivity index (χ3v) is 5.23. The number of alkyl halides is 3. The van der Waals surface area contributed by atoms with Crippen LogP contribution in [0.4, 0.5) is 18.0 Å². The van der Waals surface area contributed by atoms with E-state index >= 15 is 0 Å². The van der Waals surface area contributed by atoms with Crippen LogP contribution in [0, 0.1) is 0 Å². The third-order valence-electron chi connectivity index (χ3n) is 5.23. The van der Waals surface area contributed by atoms with Crippen LogP contribution < -0.4 is 0 Å². The molecule has 0 atom stereocenters. The van der Waals surface area contributed by atoms with Crippen LogP contribution in [0.2, 0.25) is 0 Å². The monoisotopic (exact) mass is 422 g/mol. The number of benzene rings is 1. The highest BCUT2D eigenvalue weighted by molar-refractivity contribution is 6.44. The van der Waals surface area contributed by atoms with Crippen LogP contribution in [0.5, 0.6) is 0 Å². The van der Waals surface area contributed by atoms with Gasteiger partial charge in [0.1, 0.15) is 6.54 Å². The van der Waals surface area contributed by atoms with Gasteiger partial charge in [-0.3, -0.25) is 14.5 Å². The molecule has 1 saturated heterocycles. The van der Waals surface area contributed by atoms with E-state index in [0.29, 0.717) is 12.8 Å². The summed E-state index contributed by atoms with van der Waals surface area (Å²) in [4.78, 5) is 43.0. The van der Waals surface area contributed by atoms with Gasteiger partial charge in [-0.05, 0) is 25.0 Å². The lowest BCUT2D eigenvalue weighted by Gasteiger charge is -2.28. The number of aromatic nitrogens is 2. The summed E-state index contributed by atoms with van der Waals surface area (Å²) in [7, 11) is 0. The van der Waals surface area contributed by atoms with Gasteiger partial charge in [-0.15, -0.1) is 0 Å². The molecule has 158 valence electrons. The average molecular weight is 422 g/mol. The minimum Gasteiger partial charge on any atom is -0.337 e. The molecule has 30 heavy (non-hydrogen) atoms. The Morgan fingerprint density at radius 1 is 1.07 bits per heavy atom. The van der Waals surface area contributed by atoms with Crippen molar-refractivity contribution in [3.63, 3.8) is 0 Å². The maximum atomic E-state index is 12.9. The van der Waals surface area contributed by atoms with Gasteiger partial charge in [-0.2, -0.15) is 18.2 Å². The van der Waals surface area contributed by atoms with E-state index in [9.17, 15) is 27.6 Å². The van der Waals surface area contributed by atoms with Crippen molar-refractivity contribution in [1.29, 1.82) is 0 Å². The van der Waals surface area contributed by atoms with Crippen molar-refractivity contribution in [3.05, 3.63) is 35.7 Å². The number of imide groups is 2. The second-order valence-electron chi connectivity index (χ2n) is 7.23.